The molecule has 0 bridgehead atoms. The molecular weight excluding hydrogens is 368 g/mol. The third kappa shape index (κ3) is 3.47. The summed E-state index contributed by atoms with van der Waals surface area (Å²) in [4.78, 5) is 0. The summed E-state index contributed by atoms with van der Waals surface area (Å²) in [6.45, 7) is 11.5. The van der Waals surface area contributed by atoms with E-state index in [4.69, 9.17) is 0 Å². The maximum atomic E-state index is 11.0. The second-order valence-corrected chi connectivity index (χ2v) is 12.2. The van der Waals surface area contributed by atoms with Gasteiger partial charge in [0.2, 0.25) is 0 Å². The molecule has 0 aliphatic heterocycles. The van der Waals surface area contributed by atoms with Gasteiger partial charge >= 0.3 is 0 Å². The van der Waals surface area contributed by atoms with E-state index in [-0.39, 0.29) is 6.10 Å². The van der Waals surface area contributed by atoms with Gasteiger partial charge in [-0.15, -0.1) is 11.8 Å². The average Bonchev–Trinajstić information content (AvgIpc) is 3.09. The third-order valence-electron chi connectivity index (χ3n) is 11.3. The number of fused-ring (bicyclic) bond motifs is 5. The highest BCUT2D eigenvalue weighted by Gasteiger charge is 2.61. The highest BCUT2D eigenvalue weighted by Crippen LogP contribution is 2.69. The molecule has 4 aliphatic rings. The summed E-state index contributed by atoms with van der Waals surface area (Å²) >= 11 is 0. The molecule has 0 aromatic heterocycles. The normalized spacial score (nSPS) is 49.8. The van der Waals surface area contributed by atoms with Gasteiger partial charge in [-0.25, -0.2) is 0 Å². The summed E-state index contributed by atoms with van der Waals surface area (Å²) in [5.41, 5.74) is 0.431. The van der Waals surface area contributed by atoms with Gasteiger partial charge in [0.05, 0.1) is 11.7 Å². The van der Waals surface area contributed by atoms with Crippen LogP contribution in [-0.4, -0.2) is 21.9 Å². The van der Waals surface area contributed by atoms with Crippen LogP contribution in [-0.2, 0) is 0 Å². The topological polar surface area (TPSA) is 40.5 Å². The van der Waals surface area contributed by atoms with Crippen molar-refractivity contribution in [2.45, 2.75) is 117 Å². The first kappa shape index (κ1) is 22.7. The molecule has 0 radical (unpaired) electrons. The number of rotatable bonds is 4. The molecule has 0 aromatic rings. The first-order chi connectivity index (χ1) is 14.2. The van der Waals surface area contributed by atoms with E-state index in [9.17, 15) is 10.2 Å². The van der Waals surface area contributed by atoms with Crippen molar-refractivity contribution >= 4 is 0 Å². The van der Waals surface area contributed by atoms with Gasteiger partial charge in [0, 0.05) is 6.42 Å². The summed E-state index contributed by atoms with van der Waals surface area (Å²) in [5, 5.41) is 21.8. The summed E-state index contributed by atoms with van der Waals surface area (Å²) in [6, 6.07) is 0. The zero-order chi connectivity index (χ0) is 21.7. The van der Waals surface area contributed by atoms with Gasteiger partial charge in [-0.1, -0.05) is 27.7 Å². The molecule has 10 atom stereocenters. The lowest BCUT2D eigenvalue weighted by molar-refractivity contribution is -0.154. The molecule has 2 N–H and O–H groups in total. The van der Waals surface area contributed by atoms with E-state index in [1.807, 2.05) is 6.92 Å². The van der Waals surface area contributed by atoms with Crippen molar-refractivity contribution in [3.63, 3.8) is 0 Å². The SMILES string of the molecule is CC#CCC(O)[C@@H](C)[C@H]1CC[C@H]2[C@@H]3CC[C@H]4C[C@](O)(CC)CC[C@]4(C)[C@H]3CC[C@]12C. The maximum absolute atomic E-state index is 11.0. The van der Waals surface area contributed by atoms with Gasteiger partial charge in [0.15, 0.2) is 0 Å². The molecule has 0 spiro atoms. The van der Waals surface area contributed by atoms with Crippen LogP contribution in [0.4, 0.5) is 0 Å². The Kier molecular flexibility index (Phi) is 6.13. The van der Waals surface area contributed by atoms with Crippen LogP contribution in [0.15, 0.2) is 0 Å². The summed E-state index contributed by atoms with van der Waals surface area (Å²) in [7, 11) is 0. The fourth-order valence-electron chi connectivity index (χ4n) is 9.21. The smallest absolute Gasteiger partial charge is 0.0677 e. The first-order valence-corrected chi connectivity index (χ1v) is 13.0. The fraction of sp³-hybridized carbons (Fsp3) is 0.929. The van der Waals surface area contributed by atoms with Gasteiger partial charge < -0.3 is 10.2 Å². The van der Waals surface area contributed by atoms with Crippen LogP contribution in [0.5, 0.6) is 0 Å². The maximum Gasteiger partial charge on any atom is 0.0677 e. The molecular formula is C28H46O2. The number of aliphatic hydroxyl groups is 2. The van der Waals surface area contributed by atoms with Crippen LogP contribution in [0.3, 0.4) is 0 Å². The number of hydrogen-bond donors (Lipinski definition) is 2. The molecule has 30 heavy (non-hydrogen) atoms. The molecule has 2 heteroatoms. The second-order valence-electron chi connectivity index (χ2n) is 12.2. The van der Waals surface area contributed by atoms with E-state index in [0.29, 0.717) is 35.0 Å². The van der Waals surface area contributed by atoms with E-state index in [1.165, 1.54) is 44.9 Å². The fourth-order valence-corrected chi connectivity index (χ4v) is 9.21. The average molecular weight is 415 g/mol. The summed E-state index contributed by atoms with van der Waals surface area (Å²) in [6.07, 6.45) is 12.6. The van der Waals surface area contributed by atoms with Crippen LogP contribution in [0.25, 0.3) is 0 Å². The van der Waals surface area contributed by atoms with Gasteiger partial charge in [0.25, 0.3) is 0 Å². The van der Waals surface area contributed by atoms with Gasteiger partial charge in [-0.3, -0.25) is 0 Å². The van der Waals surface area contributed by atoms with Gasteiger partial charge in [0.1, 0.15) is 0 Å². The highest BCUT2D eigenvalue weighted by atomic mass is 16.3. The largest absolute Gasteiger partial charge is 0.392 e. The molecule has 0 saturated heterocycles. The lowest BCUT2D eigenvalue weighted by Crippen LogP contribution is -2.56. The van der Waals surface area contributed by atoms with Crippen LogP contribution < -0.4 is 0 Å². The van der Waals surface area contributed by atoms with Crippen molar-refractivity contribution in [1.29, 1.82) is 0 Å². The Morgan fingerprint density at radius 1 is 0.967 bits per heavy atom. The summed E-state index contributed by atoms with van der Waals surface area (Å²) in [5.74, 6) is 10.3. The molecule has 4 aliphatic carbocycles. The third-order valence-corrected chi connectivity index (χ3v) is 11.3. The molecule has 1 unspecified atom stereocenters. The van der Waals surface area contributed by atoms with Gasteiger partial charge in [-0.05, 0) is 117 Å². The Morgan fingerprint density at radius 2 is 1.70 bits per heavy atom. The number of hydrogen-bond acceptors (Lipinski definition) is 2. The molecule has 4 saturated carbocycles. The van der Waals surface area contributed by atoms with E-state index >= 15 is 0 Å². The Labute approximate surface area is 185 Å². The standard InChI is InChI=1S/C28H46O2/c1-6-8-9-25(29)19(3)22-12-13-23-21-11-10-20-18-28(30,7-2)17-16-26(20,4)24(21)14-15-27(22,23)5/h19-25,29-30H,7,9-18H2,1-5H3/t19-,20-,21-,22+,23-,24-,25?,26-,27+,28-/m0/s1. The minimum atomic E-state index is -0.397. The molecule has 0 aromatic carbocycles. The van der Waals surface area contributed by atoms with E-state index in [1.54, 1.807) is 0 Å². The minimum absolute atomic E-state index is 0.283. The minimum Gasteiger partial charge on any atom is -0.392 e. The molecule has 2 nitrogen and oxygen atoms in total. The Bertz CT molecular complexity index is 690. The van der Waals surface area contributed by atoms with Crippen molar-refractivity contribution < 1.29 is 10.2 Å². The second kappa shape index (κ2) is 8.12. The highest BCUT2D eigenvalue weighted by molar-refractivity contribution is 5.11. The van der Waals surface area contributed by atoms with Crippen LogP contribution in [0, 0.1) is 58.2 Å². The van der Waals surface area contributed by atoms with Crippen molar-refractivity contribution in [1.82, 2.24) is 0 Å². The van der Waals surface area contributed by atoms with E-state index in [2.05, 4.69) is 39.5 Å². The predicted molar refractivity (Wildman–Crippen MR) is 124 cm³/mol. The van der Waals surface area contributed by atoms with Crippen molar-refractivity contribution in [2.75, 3.05) is 0 Å². The lowest BCUT2D eigenvalue weighted by atomic mass is 9.43. The zero-order valence-corrected chi connectivity index (χ0v) is 20.2. The quantitative estimate of drug-likeness (QED) is 0.538. The molecule has 0 heterocycles. The summed E-state index contributed by atoms with van der Waals surface area (Å²) < 4.78 is 0. The van der Waals surface area contributed by atoms with Crippen LogP contribution in [0.2, 0.25) is 0 Å². The van der Waals surface area contributed by atoms with Crippen molar-refractivity contribution in [2.24, 2.45) is 46.3 Å². The van der Waals surface area contributed by atoms with Crippen molar-refractivity contribution in [3.8, 4) is 11.8 Å². The first-order valence-electron chi connectivity index (χ1n) is 13.0. The molecule has 4 rings (SSSR count). The van der Waals surface area contributed by atoms with Crippen LogP contribution >= 0.6 is 0 Å². The monoisotopic (exact) mass is 414 g/mol. The predicted octanol–water partition coefficient (Wildman–Crippen LogP) is 6.20. The van der Waals surface area contributed by atoms with Crippen molar-refractivity contribution in [3.05, 3.63) is 0 Å². The Hall–Kier alpha value is -0.520. The Morgan fingerprint density at radius 3 is 2.40 bits per heavy atom. The van der Waals surface area contributed by atoms with Gasteiger partial charge in [-0.2, -0.15) is 0 Å². The van der Waals surface area contributed by atoms with E-state index in [0.717, 1.165) is 37.0 Å². The zero-order valence-electron chi connectivity index (χ0n) is 20.2. The van der Waals surface area contributed by atoms with E-state index < -0.39 is 5.60 Å². The lowest BCUT2D eigenvalue weighted by Gasteiger charge is -2.62. The molecule has 4 fully saturated rings. The molecule has 0 amide bonds. The Balaban J connectivity index is 1.52. The molecule has 170 valence electrons. The van der Waals surface area contributed by atoms with Crippen LogP contribution in [0.1, 0.15) is 105 Å². The number of aliphatic hydroxyl groups excluding tert-OH is 1.